The molecule has 0 radical (unpaired) electrons. The molecule has 0 bridgehead atoms. The Hall–Kier alpha value is -3.07. The van der Waals surface area contributed by atoms with Crippen LogP contribution in [0.25, 0.3) is 17.3 Å². The monoisotopic (exact) mass is 399 g/mol. The van der Waals surface area contributed by atoms with Crippen molar-refractivity contribution in [2.45, 2.75) is 31.5 Å². The van der Waals surface area contributed by atoms with Gasteiger partial charge in [-0.1, -0.05) is 30.0 Å². The first-order chi connectivity index (χ1) is 13.3. The lowest BCUT2D eigenvalue weighted by Crippen LogP contribution is -2.48. The van der Waals surface area contributed by atoms with Crippen molar-refractivity contribution < 1.29 is 14.0 Å². The van der Waals surface area contributed by atoms with Gasteiger partial charge in [0, 0.05) is 11.2 Å². The molecular weight excluding hydrogens is 378 g/mol. The summed E-state index contributed by atoms with van der Waals surface area (Å²) in [5, 5.41) is 13.9. The standard InChI is InChI=1S/C19H21N5O3S/c1-19(2,3)21-17(26)20-15(25)12-28-18-23-22-16(14-10-7-11-27-14)24(18)13-8-5-4-6-9-13/h4-11H,12H2,1-3H3,(H2,20,21,25,26). The van der Waals surface area contributed by atoms with Gasteiger partial charge in [0.05, 0.1) is 12.0 Å². The van der Waals surface area contributed by atoms with Crippen LogP contribution in [0.3, 0.4) is 0 Å². The zero-order chi connectivity index (χ0) is 20.1. The highest BCUT2D eigenvalue weighted by Gasteiger charge is 2.20. The van der Waals surface area contributed by atoms with E-state index in [4.69, 9.17) is 4.42 Å². The average Bonchev–Trinajstić information content (AvgIpc) is 3.28. The third kappa shape index (κ3) is 5.01. The van der Waals surface area contributed by atoms with Crippen molar-refractivity contribution in [3.8, 4) is 17.3 Å². The molecule has 0 aliphatic rings. The van der Waals surface area contributed by atoms with Crippen LogP contribution < -0.4 is 10.6 Å². The number of nitrogens with zero attached hydrogens (tertiary/aromatic N) is 3. The van der Waals surface area contributed by atoms with Crippen molar-refractivity contribution in [2.75, 3.05) is 5.75 Å². The zero-order valence-corrected chi connectivity index (χ0v) is 16.6. The molecule has 28 heavy (non-hydrogen) atoms. The molecule has 2 N–H and O–H groups in total. The molecule has 3 amide bonds. The number of rotatable bonds is 5. The summed E-state index contributed by atoms with van der Waals surface area (Å²) in [6, 6.07) is 12.6. The molecule has 8 nitrogen and oxygen atoms in total. The second-order valence-electron chi connectivity index (χ2n) is 7.00. The van der Waals surface area contributed by atoms with Crippen LogP contribution in [0.2, 0.25) is 0 Å². The fraction of sp³-hybridized carbons (Fsp3) is 0.263. The van der Waals surface area contributed by atoms with Crippen LogP contribution in [0.4, 0.5) is 4.79 Å². The van der Waals surface area contributed by atoms with Crippen molar-refractivity contribution in [3.05, 3.63) is 48.7 Å². The summed E-state index contributed by atoms with van der Waals surface area (Å²) in [5.41, 5.74) is 0.412. The number of furan rings is 1. The zero-order valence-electron chi connectivity index (χ0n) is 15.8. The highest BCUT2D eigenvalue weighted by molar-refractivity contribution is 7.99. The van der Waals surface area contributed by atoms with E-state index in [1.54, 1.807) is 18.4 Å². The Morgan fingerprint density at radius 3 is 2.50 bits per heavy atom. The number of hydrogen-bond acceptors (Lipinski definition) is 6. The first-order valence-electron chi connectivity index (χ1n) is 8.63. The van der Waals surface area contributed by atoms with Gasteiger partial charge in [0.15, 0.2) is 10.9 Å². The maximum atomic E-state index is 12.1. The minimum Gasteiger partial charge on any atom is -0.461 e. The minimum atomic E-state index is -0.529. The number of aromatic nitrogens is 3. The number of imide groups is 1. The molecule has 0 fully saturated rings. The van der Waals surface area contributed by atoms with Crippen LogP contribution in [-0.4, -0.2) is 38.0 Å². The quantitative estimate of drug-likeness (QED) is 0.639. The molecule has 0 aliphatic heterocycles. The number of amides is 3. The summed E-state index contributed by atoms with van der Waals surface area (Å²) in [4.78, 5) is 24.0. The predicted molar refractivity (Wildman–Crippen MR) is 106 cm³/mol. The number of urea groups is 1. The second kappa shape index (κ2) is 8.30. The van der Waals surface area contributed by atoms with Crippen LogP contribution in [0.1, 0.15) is 20.8 Å². The van der Waals surface area contributed by atoms with Gasteiger partial charge in [-0.05, 0) is 45.0 Å². The van der Waals surface area contributed by atoms with Gasteiger partial charge in [-0.25, -0.2) is 4.79 Å². The van der Waals surface area contributed by atoms with Crippen molar-refractivity contribution in [1.82, 2.24) is 25.4 Å². The summed E-state index contributed by atoms with van der Waals surface area (Å²) in [6.45, 7) is 5.51. The summed E-state index contributed by atoms with van der Waals surface area (Å²) in [6.07, 6.45) is 1.56. The van der Waals surface area contributed by atoms with Crippen molar-refractivity contribution >= 4 is 23.7 Å². The molecule has 3 aromatic rings. The highest BCUT2D eigenvalue weighted by atomic mass is 32.2. The molecule has 9 heteroatoms. The average molecular weight is 399 g/mol. The van der Waals surface area contributed by atoms with Crippen molar-refractivity contribution in [3.63, 3.8) is 0 Å². The Morgan fingerprint density at radius 2 is 1.86 bits per heavy atom. The van der Waals surface area contributed by atoms with Gasteiger partial charge in [0.1, 0.15) is 0 Å². The second-order valence-corrected chi connectivity index (χ2v) is 7.94. The number of carbonyl (C=O) groups excluding carboxylic acids is 2. The Labute approximate surface area is 166 Å². The fourth-order valence-corrected chi connectivity index (χ4v) is 3.16. The Morgan fingerprint density at radius 1 is 1.11 bits per heavy atom. The van der Waals surface area contributed by atoms with Gasteiger partial charge >= 0.3 is 6.03 Å². The number of thioether (sulfide) groups is 1. The maximum absolute atomic E-state index is 12.1. The molecule has 2 heterocycles. The van der Waals surface area contributed by atoms with Gasteiger partial charge in [-0.15, -0.1) is 10.2 Å². The smallest absolute Gasteiger partial charge is 0.321 e. The van der Waals surface area contributed by atoms with Crippen molar-refractivity contribution in [1.29, 1.82) is 0 Å². The number of benzene rings is 1. The Bertz CT molecular complexity index is 946. The van der Waals surface area contributed by atoms with Gasteiger partial charge in [-0.2, -0.15) is 0 Å². The lowest BCUT2D eigenvalue weighted by atomic mass is 10.1. The molecule has 3 rings (SSSR count). The van der Waals surface area contributed by atoms with E-state index in [-0.39, 0.29) is 5.75 Å². The number of nitrogens with one attached hydrogen (secondary N) is 2. The third-order valence-corrected chi connectivity index (χ3v) is 4.39. The molecule has 0 atom stereocenters. The molecule has 0 saturated carbocycles. The Balaban J connectivity index is 1.76. The first kappa shape index (κ1) is 19.7. The fourth-order valence-electron chi connectivity index (χ4n) is 2.40. The highest BCUT2D eigenvalue weighted by Crippen LogP contribution is 2.27. The third-order valence-electron chi connectivity index (χ3n) is 3.46. The SMILES string of the molecule is CC(C)(C)NC(=O)NC(=O)CSc1nnc(-c2ccco2)n1-c1ccccc1. The van der Waals surface area contributed by atoms with E-state index in [2.05, 4.69) is 20.8 Å². The summed E-state index contributed by atoms with van der Waals surface area (Å²) >= 11 is 1.18. The molecule has 146 valence electrons. The van der Waals surface area contributed by atoms with Crippen LogP contribution >= 0.6 is 11.8 Å². The van der Waals surface area contributed by atoms with Gasteiger partial charge in [0.2, 0.25) is 11.7 Å². The first-order valence-corrected chi connectivity index (χ1v) is 9.61. The lowest BCUT2D eigenvalue weighted by molar-refractivity contribution is -0.117. The van der Waals surface area contributed by atoms with E-state index in [1.807, 2.05) is 55.7 Å². The van der Waals surface area contributed by atoms with Crippen LogP contribution in [-0.2, 0) is 4.79 Å². The molecule has 0 aliphatic carbocycles. The van der Waals surface area contributed by atoms with Crippen LogP contribution in [0, 0.1) is 0 Å². The predicted octanol–water partition coefficient (Wildman–Crippen LogP) is 3.24. The molecule has 0 saturated heterocycles. The number of carbonyl (C=O) groups is 2. The topological polar surface area (TPSA) is 102 Å². The number of hydrogen-bond donors (Lipinski definition) is 2. The summed E-state index contributed by atoms with van der Waals surface area (Å²) in [7, 11) is 0. The van der Waals surface area contributed by atoms with E-state index >= 15 is 0 Å². The largest absolute Gasteiger partial charge is 0.461 e. The molecule has 0 unspecified atom stereocenters. The Kier molecular flexibility index (Phi) is 5.84. The normalized spacial score (nSPS) is 11.2. The van der Waals surface area contributed by atoms with Gasteiger partial charge in [-0.3, -0.25) is 14.7 Å². The molecule has 2 aromatic heterocycles. The van der Waals surface area contributed by atoms with E-state index < -0.39 is 17.5 Å². The number of para-hydroxylation sites is 1. The van der Waals surface area contributed by atoms with E-state index in [9.17, 15) is 9.59 Å². The minimum absolute atomic E-state index is 0.0146. The summed E-state index contributed by atoms with van der Waals surface area (Å²) in [5.74, 6) is 0.691. The van der Waals surface area contributed by atoms with E-state index in [0.717, 1.165) is 5.69 Å². The van der Waals surface area contributed by atoms with Gasteiger partial charge < -0.3 is 9.73 Å². The molecule has 1 aromatic carbocycles. The molecule has 0 spiro atoms. The summed E-state index contributed by atoms with van der Waals surface area (Å²) < 4.78 is 7.27. The maximum Gasteiger partial charge on any atom is 0.321 e. The van der Waals surface area contributed by atoms with Gasteiger partial charge in [0.25, 0.3) is 0 Å². The molecular formula is C19H21N5O3S. The van der Waals surface area contributed by atoms with E-state index in [0.29, 0.717) is 16.7 Å². The van der Waals surface area contributed by atoms with Crippen molar-refractivity contribution in [2.24, 2.45) is 0 Å². The lowest BCUT2D eigenvalue weighted by Gasteiger charge is -2.20. The van der Waals surface area contributed by atoms with Crippen LogP contribution in [0.15, 0.2) is 58.3 Å². The van der Waals surface area contributed by atoms with Crippen LogP contribution in [0.5, 0.6) is 0 Å². The van der Waals surface area contributed by atoms with E-state index in [1.165, 1.54) is 11.8 Å².